The van der Waals surface area contributed by atoms with E-state index in [4.69, 9.17) is 4.74 Å². The summed E-state index contributed by atoms with van der Waals surface area (Å²) in [4.78, 5) is 15.8. The van der Waals surface area contributed by atoms with E-state index in [1.807, 2.05) is 0 Å². The number of thiazole rings is 1. The summed E-state index contributed by atoms with van der Waals surface area (Å²) >= 11 is 4.76. The van der Waals surface area contributed by atoms with E-state index >= 15 is 0 Å². The van der Waals surface area contributed by atoms with Gasteiger partial charge in [-0.2, -0.15) is 0 Å². The molecule has 2 aromatic rings. The Bertz CT molecular complexity index is 552. The van der Waals surface area contributed by atoms with Crippen molar-refractivity contribution in [1.82, 2.24) is 4.98 Å². The Morgan fingerprint density at radius 3 is 2.81 bits per heavy atom. The van der Waals surface area contributed by atoms with Crippen LogP contribution in [0.4, 0.5) is 0 Å². The Balaban J connectivity index is 2.66. The number of nitrogens with zero attached hydrogens (tertiary/aromatic N) is 1. The molecule has 0 aliphatic carbocycles. The van der Waals surface area contributed by atoms with E-state index in [9.17, 15) is 4.79 Å². The standard InChI is InChI=1S/C10H8BrNO3S/c1-14-7-4-6-8(16-10(11)12-6)3-5(7)9(13)15-2/h3-4H,1-2H3. The van der Waals surface area contributed by atoms with Crippen molar-refractivity contribution in [2.45, 2.75) is 0 Å². The van der Waals surface area contributed by atoms with Crippen molar-refractivity contribution < 1.29 is 14.3 Å². The van der Waals surface area contributed by atoms with Crippen LogP contribution in [0.25, 0.3) is 10.2 Å². The molecule has 84 valence electrons. The predicted molar refractivity (Wildman–Crippen MR) is 65.2 cm³/mol. The largest absolute Gasteiger partial charge is 0.496 e. The first-order valence-corrected chi connectivity index (χ1v) is 5.99. The monoisotopic (exact) mass is 301 g/mol. The lowest BCUT2D eigenvalue weighted by molar-refractivity contribution is 0.0597. The number of carbonyl (C=O) groups excluding carboxylic acids is 1. The summed E-state index contributed by atoms with van der Waals surface area (Å²) in [5.74, 6) is 0.0559. The van der Waals surface area contributed by atoms with E-state index in [2.05, 4.69) is 25.7 Å². The highest BCUT2D eigenvalue weighted by molar-refractivity contribution is 9.11. The Morgan fingerprint density at radius 2 is 2.19 bits per heavy atom. The smallest absolute Gasteiger partial charge is 0.341 e. The van der Waals surface area contributed by atoms with Gasteiger partial charge in [0.15, 0.2) is 3.92 Å². The van der Waals surface area contributed by atoms with Crippen LogP contribution in [0.15, 0.2) is 16.0 Å². The van der Waals surface area contributed by atoms with Gasteiger partial charge in [-0.25, -0.2) is 9.78 Å². The number of hydrogen-bond acceptors (Lipinski definition) is 5. The first kappa shape index (κ1) is 11.3. The average molecular weight is 302 g/mol. The number of aromatic nitrogens is 1. The van der Waals surface area contributed by atoms with Crippen LogP contribution in [0.1, 0.15) is 10.4 Å². The Kier molecular flexibility index (Phi) is 3.11. The summed E-state index contributed by atoms with van der Waals surface area (Å²) in [6.45, 7) is 0. The molecule has 0 fully saturated rings. The number of rotatable bonds is 2. The van der Waals surface area contributed by atoms with Crippen LogP contribution in [0, 0.1) is 0 Å². The SMILES string of the molecule is COC(=O)c1cc2sc(Br)nc2cc1OC. The third kappa shape index (κ3) is 1.90. The molecular weight excluding hydrogens is 294 g/mol. The fourth-order valence-electron chi connectivity index (χ4n) is 1.36. The van der Waals surface area contributed by atoms with E-state index in [0.29, 0.717) is 11.3 Å². The lowest BCUT2D eigenvalue weighted by atomic mass is 10.2. The fourth-order valence-corrected chi connectivity index (χ4v) is 2.79. The molecule has 0 saturated heterocycles. The van der Waals surface area contributed by atoms with E-state index < -0.39 is 5.97 Å². The highest BCUT2D eigenvalue weighted by atomic mass is 79.9. The minimum Gasteiger partial charge on any atom is -0.496 e. The number of carbonyl (C=O) groups is 1. The normalized spacial score (nSPS) is 10.4. The molecule has 0 aliphatic rings. The second-order valence-corrected chi connectivity index (χ2v) is 5.29. The summed E-state index contributed by atoms with van der Waals surface area (Å²) in [5, 5.41) is 0. The van der Waals surface area contributed by atoms with Crippen molar-refractivity contribution in [3.8, 4) is 5.75 Å². The lowest BCUT2D eigenvalue weighted by Gasteiger charge is -2.05. The Labute approximate surface area is 104 Å². The number of benzene rings is 1. The molecule has 1 heterocycles. The molecule has 2 rings (SSSR count). The number of ether oxygens (including phenoxy) is 2. The van der Waals surface area contributed by atoms with Crippen molar-refractivity contribution in [2.75, 3.05) is 14.2 Å². The van der Waals surface area contributed by atoms with E-state index in [0.717, 1.165) is 14.1 Å². The molecule has 4 nitrogen and oxygen atoms in total. The van der Waals surface area contributed by atoms with Gasteiger partial charge < -0.3 is 9.47 Å². The highest BCUT2D eigenvalue weighted by Gasteiger charge is 2.15. The number of methoxy groups -OCH3 is 2. The van der Waals surface area contributed by atoms with Gasteiger partial charge in [0.1, 0.15) is 11.3 Å². The summed E-state index contributed by atoms with van der Waals surface area (Å²) in [6, 6.07) is 3.45. The zero-order valence-electron chi connectivity index (χ0n) is 8.61. The quantitative estimate of drug-likeness (QED) is 0.800. The summed E-state index contributed by atoms with van der Waals surface area (Å²) in [7, 11) is 2.85. The second kappa shape index (κ2) is 4.39. The van der Waals surface area contributed by atoms with Gasteiger partial charge in [0, 0.05) is 6.07 Å². The van der Waals surface area contributed by atoms with Gasteiger partial charge in [0.05, 0.1) is 24.4 Å². The van der Waals surface area contributed by atoms with Crippen molar-refractivity contribution in [3.63, 3.8) is 0 Å². The maximum atomic E-state index is 11.5. The zero-order chi connectivity index (χ0) is 11.7. The maximum absolute atomic E-state index is 11.5. The van der Waals surface area contributed by atoms with Gasteiger partial charge in [-0.05, 0) is 22.0 Å². The van der Waals surface area contributed by atoms with Crippen molar-refractivity contribution in [2.24, 2.45) is 0 Å². The number of hydrogen-bond donors (Lipinski definition) is 0. The fraction of sp³-hybridized carbons (Fsp3) is 0.200. The molecule has 6 heteroatoms. The van der Waals surface area contributed by atoms with Gasteiger partial charge >= 0.3 is 5.97 Å². The molecule has 0 radical (unpaired) electrons. The van der Waals surface area contributed by atoms with Gasteiger partial charge in [-0.15, -0.1) is 11.3 Å². The minimum atomic E-state index is -0.414. The van der Waals surface area contributed by atoms with E-state index in [1.165, 1.54) is 25.6 Å². The van der Waals surface area contributed by atoms with Crippen molar-refractivity contribution in [3.05, 3.63) is 21.6 Å². The van der Waals surface area contributed by atoms with Crippen LogP contribution in [-0.2, 0) is 4.74 Å². The minimum absolute atomic E-state index is 0.411. The molecule has 1 aromatic heterocycles. The molecule has 1 aromatic carbocycles. The predicted octanol–water partition coefficient (Wildman–Crippen LogP) is 2.85. The lowest BCUT2D eigenvalue weighted by Crippen LogP contribution is -2.03. The molecule has 16 heavy (non-hydrogen) atoms. The molecule has 0 unspecified atom stereocenters. The summed E-state index contributed by atoms with van der Waals surface area (Å²) in [6.07, 6.45) is 0. The molecule has 0 atom stereocenters. The van der Waals surface area contributed by atoms with Gasteiger partial charge in [-0.3, -0.25) is 0 Å². The van der Waals surface area contributed by atoms with Crippen LogP contribution >= 0.6 is 27.3 Å². The maximum Gasteiger partial charge on any atom is 0.341 e. The van der Waals surface area contributed by atoms with Crippen LogP contribution in [0.2, 0.25) is 0 Å². The van der Waals surface area contributed by atoms with Gasteiger partial charge in [0.2, 0.25) is 0 Å². The molecule has 0 saturated carbocycles. The molecule has 0 amide bonds. The summed E-state index contributed by atoms with van der Waals surface area (Å²) in [5.41, 5.74) is 1.20. The number of halogens is 1. The highest BCUT2D eigenvalue weighted by Crippen LogP contribution is 2.32. The van der Waals surface area contributed by atoms with Crippen LogP contribution in [-0.4, -0.2) is 25.2 Å². The van der Waals surface area contributed by atoms with E-state index in [1.54, 1.807) is 12.1 Å². The second-order valence-electron chi connectivity index (χ2n) is 2.98. The molecule has 0 bridgehead atoms. The third-order valence-electron chi connectivity index (χ3n) is 2.09. The molecule has 0 N–H and O–H groups in total. The first-order chi connectivity index (χ1) is 7.65. The third-order valence-corrected chi connectivity index (χ3v) is 3.56. The zero-order valence-corrected chi connectivity index (χ0v) is 11.0. The Hall–Kier alpha value is -1.14. The van der Waals surface area contributed by atoms with Gasteiger partial charge in [-0.1, -0.05) is 0 Å². The van der Waals surface area contributed by atoms with Crippen molar-refractivity contribution in [1.29, 1.82) is 0 Å². The molecular formula is C10H8BrNO3S. The van der Waals surface area contributed by atoms with Crippen LogP contribution in [0.3, 0.4) is 0 Å². The molecule has 0 aliphatic heterocycles. The molecule has 0 spiro atoms. The Morgan fingerprint density at radius 1 is 1.44 bits per heavy atom. The topological polar surface area (TPSA) is 48.4 Å². The van der Waals surface area contributed by atoms with Crippen LogP contribution in [0.5, 0.6) is 5.75 Å². The van der Waals surface area contributed by atoms with Crippen molar-refractivity contribution >= 4 is 43.5 Å². The first-order valence-electron chi connectivity index (χ1n) is 4.38. The number of fused-ring (bicyclic) bond motifs is 1. The van der Waals surface area contributed by atoms with Crippen LogP contribution < -0.4 is 4.74 Å². The van der Waals surface area contributed by atoms with E-state index in [-0.39, 0.29) is 0 Å². The van der Waals surface area contributed by atoms with Gasteiger partial charge in [0.25, 0.3) is 0 Å². The number of esters is 1. The average Bonchev–Trinajstić information content (AvgIpc) is 2.65. The summed E-state index contributed by atoms with van der Waals surface area (Å²) < 4.78 is 11.5.